The maximum atomic E-state index is 11.0. The summed E-state index contributed by atoms with van der Waals surface area (Å²) in [6.07, 6.45) is -0.837. The molecule has 3 aromatic rings. The first-order valence-corrected chi connectivity index (χ1v) is 9.69. The van der Waals surface area contributed by atoms with Gasteiger partial charge in [-0.3, -0.25) is 4.79 Å². The van der Waals surface area contributed by atoms with Crippen LogP contribution in [0.15, 0.2) is 78.0 Å². The van der Waals surface area contributed by atoms with Gasteiger partial charge in [-0.15, -0.1) is 0 Å². The van der Waals surface area contributed by atoms with Crippen LogP contribution in [0.25, 0.3) is 11.1 Å². The number of rotatable bonds is 7. The van der Waals surface area contributed by atoms with Gasteiger partial charge in [0.05, 0.1) is 0 Å². The Labute approximate surface area is 174 Å². The largest absolute Gasteiger partial charge is 0.491 e. The van der Waals surface area contributed by atoms with Crippen LogP contribution >= 0.6 is 0 Å². The van der Waals surface area contributed by atoms with E-state index >= 15 is 0 Å². The van der Waals surface area contributed by atoms with Crippen LogP contribution in [0.1, 0.15) is 18.1 Å². The SMILES string of the molecule is CC(=O)Nc1ccc(OCC(O)CON=C2c3ccccc3-c3ccccc32)cc1. The molecule has 0 fully saturated rings. The minimum absolute atomic E-state index is 0.0117. The second-order valence-corrected chi connectivity index (χ2v) is 7.00. The van der Waals surface area contributed by atoms with Crippen LogP contribution in [-0.2, 0) is 9.63 Å². The fourth-order valence-corrected chi connectivity index (χ4v) is 3.36. The molecule has 0 aromatic heterocycles. The molecule has 152 valence electrons. The van der Waals surface area contributed by atoms with Gasteiger partial charge < -0.3 is 20.0 Å². The van der Waals surface area contributed by atoms with Crippen molar-refractivity contribution in [2.24, 2.45) is 5.16 Å². The van der Waals surface area contributed by atoms with Crippen molar-refractivity contribution >= 4 is 17.3 Å². The number of nitrogens with zero attached hydrogens (tertiary/aromatic N) is 1. The number of hydrogen-bond donors (Lipinski definition) is 2. The highest BCUT2D eigenvalue weighted by Crippen LogP contribution is 2.36. The van der Waals surface area contributed by atoms with Crippen LogP contribution in [0.4, 0.5) is 5.69 Å². The van der Waals surface area contributed by atoms with Gasteiger partial charge in [0.2, 0.25) is 5.91 Å². The summed E-state index contributed by atoms with van der Waals surface area (Å²) in [5, 5.41) is 17.2. The van der Waals surface area contributed by atoms with Crippen LogP contribution in [0.2, 0.25) is 0 Å². The average Bonchev–Trinajstić information content (AvgIpc) is 3.07. The lowest BCUT2D eigenvalue weighted by atomic mass is 10.1. The lowest BCUT2D eigenvalue weighted by Crippen LogP contribution is -2.22. The number of carbonyl (C=O) groups excluding carboxylic acids is 1. The Balaban J connectivity index is 1.34. The Bertz CT molecular complexity index is 1030. The molecule has 4 rings (SSSR count). The van der Waals surface area contributed by atoms with Crippen LogP contribution in [0.3, 0.4) is 0 Å². The fourth-order valence-electron chi connectivity index (χ4n) is 3.36. The molecule has 0 radical (unpaired) electrons. The average molecular weight is 402 g/mol. The highest BCUT2D eigenvalue weighted by Gasteiger charge is 2.24. The number of anilines is 1. The van der Waals surface area contributed by atoms with E-state index in [1.54, 1.807) is 24.3 Å². The molecular formula is C24H22N2O4. The molecule has 1 aliphatic carbocycles. The molecule has 0 saturated heterocycles. The number of carbonyl (C=O) groups is 1. The summed E-state index contributed by atoms with van der Waals surface area (Å²) in [7, 11) is 0. The monoisotopic (exact) mass is 402 g/mol. The number of aliphatic hydroxyl groups is 1. The molecule has 1 atom stereocenters. The fraction of sp³-hybridized carbons (Fsp3) is 0.167. The molecule has 1 amide bonds. The predicted octanol–water partition coefficient (Wildman–Crippen LogP) is 3.83. The van der Waals surface area contributed by atoms with Crippen LogP contribution in [0.5, 0.6) is 5.75 Å². The van der Waals surface area contributed by atoms with E-state index in [0.29, 0.717) is 11.4 Å². The standard InChI is InChI=1S/C24H22N2O4/c1-16(27)25-17-10-12-19(13-11-17)29-14-18(28)15-30-26-24-22-8-4-2-6-20(22)21-7-3-5-9-23(21)24/h2-13,18,28H,14-15H2,1H3,(H,25,27). The number of ether oxygens (including phenoxy) is 1. The first-order valence-electron chi connectivity index (χ1n) is 9.69. The van der Waals surface area contributed by atoms with Gasteiger partial charge in [0.25, 0.3) is 0 Å². The molecule has 6 nitrogen and oxygen atoms in total. The van der Waals surface area contributed by atoms with E-state index in [1.165, 1.54) is 6.92 Å². The summed E-state index contributed by atoms with van der Waals surface area (Å²) in [5.74, 6) is 0.457. The van der Waals surface area contributed by atoms with E-state index in [0.717, 1.165) is 28.0 Å². The Hall–Kier alpha value is -3.64. The lowest BCUT2D eigenvalue weighted by Gasteiger charge is -2.12. The molecule has 2 N–H and O–H groups in total. The summed E-state index contributed by atoms with van der Waals surface area (Å²) in [6.45, 7) is 1.53. The number of nitrogens with one attached hydrogen (secondary N) is 1. The molecule has 6 heteroatoms. The van der Waals surface area contributed by atoms with Crippen molar-refractivity contribution in [2.45, 2.75) is 13.0 Å². The number of aliphatic hydroxyl groups excluding tert-OH is 1. The third kappa shape index (κ3) is 4.34. The summed E-state index contributed by atoms with van der Waals surface area (Å²) in [6, 6.07) is 23.0. The first-order chi connectivity index (χ1) is 14.6. The zero-order chi connectivity index (χ0) is 20.9. The van der Waals surface area contributed by atoms with Crippen molar-refractivity contribution in [3.05, 3.63) is 83.9 Å². The van der Waals surface area contributed by atoms with Gasteiger partial charge in [-0.2, -0.15) is 0 Å². The van der Waals surface area contributed by atoms with E-state index in [9.17, 15) is 9.90 Å². The molecule has 1 aliphatic rings. The van der Waals surface area contributed by atoms with Crippen LogP contribution < -0.4 is 10.1 Å². The van der Waals surface area contributed by atoms with E-state index < -0.39 is 6.10 Å². The lowest BCUT2D eigenvalue weighted by molar-refractivity contribution is -0.114. The van der Waals surface area contributed by atoms with E-state index in [-0.39, 0.29) is 19.1 Å². The zero-order valence-corrected chi connectivity index (χ0v) is 16.5. The third-order valence-electron chi connectivity index (χ3n) is 4.69. The van der Waals surface area contributed by atoms with Gasteiger partial charge in [0.15, 0.2) is 0 Å². The van der Waals surface area contributed by atoms with Gasteiger partial charge in [-0.05, 0) is 35.4 Å². The zero-order valence-electron chi connectivity index (χ0n) is 16.5. The maximum absolute atomic E-state index is 11.0. The third-order valence-corrected chi connectivity index (χ3v) is 4.69. The molecule has 30 heavy (non-hydrogen) atoms. The molecule has 0 bridgehead atoms. The van der Waals surface area contributed by atoms with Crippen LogP contribution in [0, 0.1) is 0 Å². The van der Waals surface area contributed by atoms with Crippen molar-refractivity contribution < 1.29 is 19.5 Å². The van der Waals surface area contributed by atoms with Gasteiger partial charge in [0, 0.05) is 23.7 Å². The first kappa shape index (κ1) is 19.7. The molecule has 0 spiro atoms. The molecule has 3 aromatic carbocycles. The maximum Gasteiger partial charge on any atom is 0.221 e. The van der Waals surface area contributed by atoms with Crippen molar-refractivity contribution in [2.75, 3.05) is 18.5 Å². The molecule has 0 aliphatic heterocycles. The Morgan fingerprint density at radius 1 is 0.900 bits per heavy atom. The number of fused-ring (bicyclic) bond motifs is 3. The highest BCUT2D eigenvalue weighted by atomic mass is 16.6. The van der Waals surface area contributed by atoms with Gasteiger partial charge in [0.1, 0.15) is 30.8 Å². The minimum Gasteiger partial charge on any atom is -0.491 e. The van der Waals surface area contributed by atoms with Gasteiger partial charge in [-0.25, -0.2) is 0 Å². The number of benzene rings is 3. The van der Waals surface area contributed by atoms with Crippen LogP contribution in [-0.4, -0.2) is 36.0 Å². The van der Waals surface area contributed by atoms with Crippen molar-refractivity contribution in [1.82, 2.24) is 0 Å². The van der Waals surface area contributed by atoms with Crippen molar-refractivity contribution in [1.29, 1.82) is 0 Å². The van der Waals surface area contributed by atoms with Gasteiger partial charge in [-0.1, -0.05) is 53.7 Å². The summed E-state index contributed by atoms with van der Waals surface area (Å²) in [5.41, 5.74) is 5.74. The summed E-state index contributed by atoms with van der Waals surface area (Å²) < 4.78 is 5.57. The predicted molar refractivity (Wildman–Crippen MR) is 116 cm³/mol. The van der Waals surface area contributed by atoms with E-state index in [4.69, 9.17) is 9.57 Å². The number of amides is 1. The molecular weight excluding hydrogens is 380 g/mol. The second kappa shape index (κ2) is 8.80. The van der Waals surface area contributed by atoms with Gasteiger partial charge >= 0.3 is 0 Å². The smallest absolute Gasteiger partial charge is 0.221 e. The molecule has 1 unspecified atom stereocenters. The molecule has 0 heterocycles. The van der Waals surface area contributed by atoms with Crippen molar-refractivity contribution in [3.63, 3.8) is 0 Å². The minimum atomic E-state index is -0.837. The van der Waals surface area contributed by atoms with Crippen molar-refractivity contribution in [3.8, 4) is 16.9 Å². The second-order valence-electron chi connectivity index (χ2n) is 7.00. The Morgan fingerprint density at radius 2 is 1.47 bits per heavy atom. The number of hydrogen-bond acceptors (Lipinski definition) is 5. The summed E-state index contributed by atoms with van der Waals surface area (Å²) >= 11 is 0. The normalized spacial score (nSPS) is 12.5. The highest BCUT2D eigenvalue weighted by molar-refractivity contribution is 6.24. The topological polar surface area (TPSA) is 80.2 Å². The Kier molecular flexibility index (Phi) is 5.77. The quantitative estimate of drug-likeness (QED) is 0.461. The Morgan fingerprint density at radius 3 is 2.03 bits per heavy atom. The summed E-state index contributed by atoms with van der Waals surface area (Å²) in [4.78, 5) is 16.5. The number of oxime groups is 1. The molecule has 0 saturated carbocycles. The van der Waals surface area contributed by atoms with E-state index in [2.05, 4.69) is 22.6 Å². The van der Waals surface area contributed by atoms with E-state index in [1.807, 2.05) is 36.4 Å².